The number of methoxy groups -OCH3 is 1. The van der Waals surface area contributed by atoms with Gasteiger partial charge in [0.1, 0.15) is 0 Å². The van der Waals surface area contributed by atoms with Crippen molar-refractivity contribution in [2.75, 3.05) is 20.3 Å². The fourth-order valence-corrected chi connectivity index (χ4v) is 1.14. The van der Waals surface area contributed by atoms with E-state index in [0.717, 1.165) is 0 Å². The molecule has 0 aromatic heterocycles. The Balaban J connectivity index is 3.57. The lowest BCUT2D eigenvalue weighted by Gasteiger charge is -2.18. The molecular weight excluding hydrogens is 209 g/mol. The Kier molecular flexibility index (Phi) is 6.87. The zero-order chi connectivity index (χ0) is 11.9. The van der Waals surface area contributed by atoms with E-state index in [1.54, 1.807) is 7.11 Å². The summed E-state index contributed by atoms with van der Waals surface area (Å²) in [7, 11) is 1.56. The highest BCUT2D eigenvalue weighted by Gasteiger charge is 2.29. The molecule has 0 aromatic carbocycles. The highest BCUT2D eigenvalue weighted by molar-refractivity contribution is 4.70. The Hall–Kier alpha value is -0.330. The first kappa shape index (κ1) is 14.7. The molecule has 3 N–H and O–H groups in total. The molecule has 0 bridgehead atoms. The number of hydrogen-bond donors (Lipinski definition) is 2. The standard InChI is InChI=1S/C9H19F3N2O/c1-7(5-9(10,11)12)14-6-8(13)3-4-15-2/h7-8,14H,3-6,13H2,1-2H3. The first-order chi connectivity index (χ1) is 6.85. The van der Waals surface area contributed by atoms with Crippen LogP contribution in [0.3, 0.4) is 0 Å². The molecule has 0 radical (unpaired) electrons. The molecule has 0 aliphatic rings. The van der Waals surface area contributed by atoms with E-state index in [1.165, 1.54) is 6.92 Å². The van der Waals surface area contributed by atoms with Crippen LogP contribution in [0.5, 0.6) is 0 Å². The highest BCUT2D eigenvalue weighted by Crippen LogP contribution is 2.21. The second kappa shape index (κ2) is 7.03. The van der Waals surface area contributed by atoms with Crippen molar-refractivity contribution in [3.05, 3.63) is 0 Å². The van der Waals surface area contributed by atoms with Crippen molar-refractivity contribution in [3.8, 4) is 0 Å². The van der Waals surface area contributed by atoms with Gasteiger partial charge in [0.05, 0.1) is 6.42 Å². The van der Waals surface area contributed by atoms with Crippen molar-refractivity contribution in [1.29, 1.82) is 0 Å². The molecule has 2 atom stereocenters. The zero-order valence-corrected chi connectivity index (χ0v) is 9.10. The van der Waals surface area contributed by atoms with Crippen LogP contribution in [0, 0.1) is 0 Å². The third-order valence-electron chi connectivity index (χ3n) is 1.96. The minimum atomic E-state index is -4.12. The fraction of sp³-hybridized carbons (Fsp3) is 1.00. The molecule has 15 heavy (non-hydrogen) atoms. The van der Waals surface area contributed by atoms with Crippen LogP contribution >= 0.6 is 0 Å². The number of hydrogen-bond acceptors (Lipinski definition) is 3. The molecule has 3 nitrogen and oxygen atoms in total. The van der Waals surface area contributed by atoms with Gasteiger partial charge < -0.3 is 15.8 Å². The van der Waals surface area contributed by atoms with E-state index in [4.69, 9.17) is 10.5 Å². The third-order valence-corrected chi connectivity index (χ3v) is 1.96. The lowest BCUT2D eigenvalue weighted by atomic mass is 10.2. The molecule has 0 aromatic rings. The molecular formula is C9H19F3N2O. The van der Waals surface area contributed by atoms with Crippen molar-refractivity contribution in [2.45, 2.75) is 38.0 Å². The molecule has 0 spiro atoms. The second-order valence-electron chi connectivity index (χ2n) is 3.67. The summed E-state index contributed by atoms with van der Waals surface area (Å²) in [6.45, 7) is 2.40. The molecule has 0 saturated carbocycles. The minimum Gasteiger partial charge on any atom is -0.385 e. The molecule has 0 amide bonds. The monoisotopic (exact) mass is 228 g/mol. The van der Waals surface area contributed by atoms with E-state index in [9.17, 15) is 13.2 Å². The first-order valence-electron chi connectivity index (χ1n) is 4.90. The number of nitrogens with two attached hydrogens (primary N) is 1. The summed E-state index contributed by atoms with van der Waals surface area (Å²) in [5.74, 6) is 0. The van der Waals surface area contributed by atoms with Crippen molar-refractivity contribution >= 4 is 0 Å². The summed E-state index contributed by atoms with van der Waals surface area (Å²) in [6, 6.07) is -0.765. The van der Waals surface area contributed by atoms with Gasteiger partial charge in [0.15, 0.2) is 0 Å². The Morgan fingerprint density at radius 1 is 1.40 bits per heavy atom. The molecule has 0 heterocycles. The number of alkyl halides is 3. The topological polar surface area (TPSA) is 47.3 Å². The highest BCUT2D eigenvalue weighted by atomic mass is 19.4. The van der Waals surface area contributed by atoms with E-state index < -0.39 is 18.6 Å². The van der Waals surface area contributed by atoms with Gasteiger partial charge in [-0.3, -0.25) is 0 Å². The van der Waals surface area contributed by atoms with E-state index in [1.807, 2.05) is 0 Å². The van der Waals surface area contributed by atoms with Gasteiger partial charge in [0, 0.05) is 32.3 Å². The smallest absolute Gasteiger partial charge is 0.385 e. The molecule has 92 valence electrons. The summed E-state index contributed by atoms with van der Waals surface area (Å²) in [5, 5.41) is 2.75. The zero-order valence-electron chi connectivity index (χ0n) is 9.10. The van der Waals surface area contributed by atoms with E-state index >= 15 is 0 Å². The van der Waals surface area contributed by atoms with Crippen molar-refractivity contribution in [2.24, 2.45) is 5.73 Å². The third kappa shape index (κ3) is 9.96. The van der Waals surface area contributed by atoms with Crippen LogP contribution in [0.4, 0.5) is 13.2 Å². The average Bonchev–Trinajstić information content (AvgIpc) is 2.08. The van der Waals surface area contributed by atoms with Crippen molar-refractivity contribution in [3.63, 3.8) is 0 Å². The summed E-state index contributed by atoms with van der Waals surface area (Å²) >= 11 is 0. The maximum Gasteiger partial charge on any atom is 0.390 e. The van der Waals surface area contributed by atoms with Crippen LogP contribution in [0.2, 0.25) is 0 Å². The Morgan fingerprint density at radius 2 is 2.00 bits per heavy atom. The lowest BCUT2D eigenvalue weighted by Crippen LogP contribution is -2.40. The molecule has 0 saturated heterocycles. The summed E-state index contributed by atoms with van der Waals surface area (Å²) in [5.41, 5.74) is 5.65. The summed E-state index contributed by atoms with van der Waals surface area (Å²) in [6.07, 6.45) is -4.31. The molecule has 0 fully saturated rings. The van der Waals surface area contributed by atoms with Gasteiger partial charge in [-0.25, -0.2) is 0 Å². The predicted octanol–water partition coefficient (Wildman–Crippen LogP) is 1.28. The maximum absolute atomic E-state index is 11.9. The predicted molar refractivity (Wildman–Crippen MR) is 52.6 cm³/mol. The van der Waals surface area contributed by atoms with Gasteiger partial charge in [-0.1, -0.05) is 0 Å². The van der Waals surface area contributed by atoms with Crippen LogP contribution < -0.4 is 11.1 Å². The second-order valence-corrected chi connectivity index (χ2v) is 3.67. The van der Waals surface area contributed by atoms with Gasteiger partial charge in [-0.2, -0.15) is 13.2 Å². The SMILES string of the molecule is COCCC(N)CNC(C)CC(F)(F)F. The molecule has 6 heteroatoms. The van der Waals surface area contributed by atoms with Crippen LogP contribution in [0.25, 0.3) is 0 Å². The summed E-state index contributed by atoms with van der Waals surface area (Å²) in [4.78, 5) is 0. The number of nitrogens with one attached hydrogen (secondary N) is 1. The van der Waals surface area contributed by atoms with Gasteiger partial charge in [-0.15, -0.1) is 0 Å². The average molecular weight is 228 g/mol. The van der Waals surface area contributed by atoms with Gasteiger partial charge in [0.2, 0.25) is 0 Å². The maximum atomic E-state index is 11.9. The quantitative estimate of drug-likeness (QED) is 0.690. The Labute approximate surface area is 88.2 Å². The normalized spacial score (nSPS) is 16.4. The van der Waals surface area contributed by atoms with Crippen LogP contribution in [0.1, 0.15) is 19.8 Å². The number of ether oxygens (including phenoxy) is 1. The number of rotatable bonds is 7. The Bertz CT molecular complexity index is 164. The van der Waals surface area contributed by atoms with E-state index in [2.05, 4.69) is 5.32 Å². The van der Waals surface area contributed by atoms with Crippen LogP contribution in [0.15, 0.2) is 0 Å². The first-order valence-corrected chi connectivity index (χ1v) is 4.90. The van der Waals surface area contributed by atoms with Crippen LogP contribution in [-0.4, -0.2) is 38.5 Å². The van der Waals surface area contributed by atoms with Gasteiger partial charge >= 0.3 is 6.18 Å². The van der Waals surface area contributed by atoms with E-state index in [0.29, 0.717) is 19.6 Å². The van der Waals surface area contributed by atoms with Crippen LogP contribution in [-0.2, 0) is 4.74 Å². The van der Waals surface area contributed by atoms with Crippen molar-refractivity contribution < 1.29 is 17.9 Å². The van der Waals surface area contributed by atoms with Gasteiger partial charge in [0.25, 0.3) is 0 Å². The van der Waals surface area contributed by atoms with E-state index in [-0.39, 0.29) is 6.04 Å². The minimum absolute atomic E-state index is 0.166. The fourth-order valence-electron chi connectivity index (χ4n) is 1.14. The van der Waals surface area contributed by atoms with Gasteiger partial charge in [-0.05, 0) is 13.3 Å². The lowest BCUT2D eigenvalue weighted by molar-refractivity contribution is -0.139. The molecule has 2 unspecified atom stereocenters. The molecule has 0 rings (SSSR count). The molecule has 0 aliphatic carbocycles. The number of halogens is 3. The van der Waals surface area contributed by atoms with Crippen molar-refractivity contribution in [1.82, 2.24) is 5.32 Å². The Morgan fingerprint density at radius 3 is 2.47 bits per heavy atom. The summed E-state index contributed by atoms with van der Waals surface area (Å²) < 4.78 is 40.6. The molecule has 0 aliphatic heterocycles. The largest absolute Gasteiger partial charge is 0.390 e.